The van der Waals surface area contributed by atoms with Crippen molar-refractivity contribution < 1.29 is 73.6 Å². The van der Waals surface area contributed by atoms with Gasteiger partial charge in [-0.1, -0.05) is 0 Å². The van der Waals surface area contributed by atoms with Crippen molar-refractivity contribution in [1.82, 2.24) is 0 Å². The van der Waals surface area contributed by atoms with Crippen molar-refractivity contribution in [2.45, 2.75) is 73.0 Å². The third-order valence-electron chi connectivity index (χ3n) is 4.25. The Morgan fingerprint density at radius 2 is 0.735 bits per heavy atom. The van der Waals surface area contributed by atoms with E-state index in [9.17, 15) is 44.1 Å². The van der Waals surface area contributed by atoms with Gasteiger partial charge in [-0.15, -0.1) is 0 Å². The molecule has 6 atom stereocenters. The molecule has 0 heterocycles. The predicted molar refractivity (Wildman–Crippen MR) is 108 cm³/mol. The van der Waals surface area contributed by atoms with Gasteiger partial charge in [-0.05, 0) is 0 Å². The SMILES string of the molecule is CC(OC(CC(=O)O)C(=O)O)[As](C(C)OC(CC(=O)O)C(=O)O)C(C)OC(CC(=O)O)C(=O)O. The van der Waals surface area contributed by atoms with Gasteiger partial charge < -0.3 is 0 Å². The summed E-state index contributed by atoms with van der Waals surface area (Å²) in [5, 5.41) is 54.5. The van der Waals surface area contributed by atoms with Crippen molar-refractivity contribution in [2.75, 3.05) is 0 Å². The monoisotopic (exact) mass is 558 g/mol. The molecule has 0 aliphatic carbocycles. The molecular weight excluding hydrogens is 531 g/mol. The maximum atomic E-state index is 11.4. The summed E-state index contributed by atoms with van der Waals surface area (Å²) < 4.78 is 16.1. The van der Waals surface area contributed by atoms with Crippen LogP contribution in [0, 0.1) is 0 Å². The molecule has 15 nitrogen and oxygen atoms in total. The molecule has 0 spiro atoms. The van der Waals surface area contributed by atoms with Gasteiger partial charge in [-0.2, -0.15) is 0 Å². The normalized spacial score (nSPS) is 17.4. The van der Waals surface area contributed by atoms with Crippen LogP contribution >= 0.6 is 0 Å². The molecule has 0 aromatic carbocycles. The molecule has 0 fully saturated rings. The second-order valence-corrected chi connectivity index (χ2v) is 13.4. The average molecular weight is 558 g/mol. The zero-order valence-corrected chi connectivity index (χ0v) is 20.3. The Kier molecular flexibility index (Phi) is 13.3. The van der Waals surface area contributed by atoms with E-state index in [1.807, 2.05) is 0 Å². The van der Waals surface area contributed by atoms with Gasteiger partial charge in [0.2, 0.25) is 0 Å². The zero-order valence-electron chi connectivity index (χ0n) is 18.4. The van der Waals surface area contributed by atoms with Crippen LogP contribution < -0.4 is 0 Å². The molecule has 0 aromatic rings. The van der Waals surface area contributed by atoms with Crippen LogP contribution in [0.4, 0.5) is 0 Å². The molecule has 0 aromatic heterocycles. The molecule has 0 radical (unpaired) electrons. The van der Waals surface area contributed by atoms with Crippen LogP contribution in [0.25, 0.3) is 0 Å². The molecule has 0 aliphatic rings. The number of ether oxygens (including phenoxy) is 3. The van der Waals surface area contributed by atoms with E-state index < -0.39 is 103 Å². The van der Waals surface area contributed by atoms with E-state index in [1.165, 1.54) is 20.8 Å². The number of aliphatic carboxylic acids is 6. The summed E-state index contributed by atoms with van der Waals surface area (Å²) in [7, 11) is 0. The number of carbonyl (C=O) groups is 6. The van der Waals surface area contributed by atoms with Crippen LogP contribution in [0.15, 0.2) is 0 Å². The summed E-state index contributed by atoms with van der Waals surface area (Å²) in [4.78, 5) is 63.7. The Morgan fingerprint density at radius 1 is 0.529 bits per heavy atom. The van der Waals surface area contributed by atoms with Crippen molar-refractivity contribution in [3.8, 4) is 0 Å². The van der Waals surface area contributed by atoms with Crippen LogP contribution in [0.1, 0.15) is 40.0 Å². The number of rotatable bonds is 18. The van der Waals surface area contributed by atoms with Gasteiger partial charge in [0.05, 0.1) is 0 Å². The fourth-order valence-corrected chi connectivity index (χ4v) is 8.40. The van der Waals surface area contributed by atoms with Crippen molar-refractivity contribution in [2.24, 2.45) is 0 Å². The van der Waals surface area contributed by atoms with E-state index in [4.69, 9.17) is 29.5 Å². The number of hydrogen-bond acceptors (Lipinski definition) is 9. The predicted octanol–water partition coefficient (Wildman–Crippen LogP) is -0.902. The topological polar surface area (TPSA) is 251 Å². The first-order valence-electron chi connectivity index (χ1n) is 9.64. The summed E-state index contributed by atoms with van der Waals surface area (Å²) >= 11 is -3.07. The molecule has 0 saturated heterocycles. The van der Waals surface area contributed by atoms with Crippen LogP contribution in [0.3, 0.4) is 0 Å². The van der Waals surface area contributed by atoms with Crippen molar-refractivity contribution in [1.29, 1.82) is 0 Å². The Bertz CT molecular complexity index is 669. The van der Waals surface area contributed by atoms with Crippen LogP contribution in [-0.4, -0.2) is 114 Å². The Labute approximate surface area is 197 Å². The van der Waals surface area contributed by atoms with Crippen LogP contribution in [0.5, 0.6) is 0 Å². The van der Waals surface area contributed by atoms with Gasteiger partial charge in [0.25, 0.3) is 0 Å². The quantitative estimate of drug-likeness (QED) is 0.111. The minimum absolute atomic E-state index is 0.917. The summed E-state index contributed by atoms with van der Waals surface area (Å²) in [5.41, 5.74) is 0. The summed E-state index contributed by atoms with van der Waals surface area (Å²) in [6.07, 6.45) is -8.19. The molecule has 16 heteroatoms. The molecule has 34 heavy (non-hydrogen) atoms. The molecule has 6 N–H and O–H groups in total. The van der Waals surface area contributed by atoms with Gasteiger partial charge in [-0.25, -0.2) is 0 Å². The fourth-order valence-electron chi connectivity index (χ4n) is 2.87. The first-order chi connectivity index (χ1) is 15.6. The van der Waals surface area contributed by atoms with E-state index in [0.717, 1.165) is 0 Å². The standard InChI is InChI=1S/C18H27AsO15/c1-7(32-10(16(26)27)4-13(20)21)19(8(2)33-11(17(28)29)5-14(22)23)9(3)34-12(18(30)31)6-15(24)25/h7-12H,4-6H2,1-3H3,(H,20,21)(H,22,23)(H,24,25)(H,26,27)(H,28,29)(H,30,31). The van der Waals surface area contributed by atoms with E-state index in [0.29, 0.717) is 0 Å². The van der Waals surface area contributed by atoms with E-state index in [-0.39, 0.29) is 0 Å². The zero-order chi connectivity index (χ0) is 26.7. The van der Waals surface area contributed by atoms with Gasteiger partial charge in [0, 0.05) is 0 Å². The van der Waals surface area contributed by atoms with E-state index in [2.05, 4.69) is 0 Å². The maximum absolute atomic E-state index is 11.4. The molecule has 0 amide bonds. The van der Waals surface area contributed by atoms with Crippen LogP contribution in [-0.2, 0) is 43.0 Å². The second-order valence-electron chi connectivity index (χ2n) is 6.93. The summed E-state index contributed by atoms with van der Waals surface area (Å²) in [5.74, 6) is -9.25. The first kappa shape index (κ1) is 31.3. The molecule has 194 valence electrons. The number of carboxylic acid groups (broad SMARTS) is 6. The number of hydrogen-bond donors (Lipinski definition) is 6. The van der Waals surface area contributed by atoms with Gasteiger partial charge in [0.1, 0.15) is 0 Å². The summed E-state index contributed by atoms with van der Waals surface area (Å²) in [6.45, 7) is 3.99. The van der Waals surface area contributed by atoms with E-state index >= 15 is 0 Å². The van der Waals surface area contributed by atoms with Crippen molar-refractivity contribution in [3.05, 3.63) is 0 Å². The third-order valence-corrected chi connectivity index (χ3v) is 10.3. The Balaban J connectivity index is 5.99. The Morgan fingerprint density at radius 3 is 0.882 bits per heavy atom. The van der Waals surface area contributed by atoms with Crippen LogP contribution in [0.2, 0.25) is 0 Å². The van der Waals surface area contributed by atoms with Gasteiger partial charge >= 0.3 is 197 Å². The van der Waals surface area contributed by atoms with E-state index in [1.54, 1.807) is 0 Å². The van der Waals surface area contributed by atoms with Crippen molar-refractivity contribution >= 4 is 50.5 Å². The molecule has 0 aliphatic heterocycles. The van der Waals surface area contributed by atoms with Gasteiger partial charge in [0.15, 0.2) is 0 Å². The molecule has 0 saturated carbocycles. The van der Waals surface area contributed by atoms with Gasteiger partial charge in [-0.3, -0.25) is 0 Å². The van der Waals surface area contributed by atoms with Crippen molar-refractivity contribution in [3.63, 3.8) is 0 Å². The fraction of sp³-hybridized carbons (Fsp3) is 0.667. The average Bonchev–Trinajstić information content (AvgIpc) is 2.65. The minimum atomic E-state index is -3.07. The first-order valence-corrected chi connectivity index (χ1v) is 12.9. The molecular formula is C18H27AsO15. The Hall–Kier alpha value is -2.74. The molecule has 0 bridgehead atoms. The second kappa shape index (κ2) is 14.5. The third kappa shape index (κ3) is 11.4. The number of carboxylic acids is 6. The molecule has 6 unspecified atom stereocenters. The summed E-state index contributed by atoms with van der Waals surface area (Å²) in [6, 6.07) is 0. The molecule has 0 rings (SSSR count).